The summed E-state index contributed by atoms with van der Waals surface area (Å²) in [7, 11) is 3.36. The lowest BCUT2D eigenvalue weighted by atomic mass is 10.1. The zero-order valence-corrected chi connectivity index (χ0v) is 15.2. The number of carbonyl (C=O) groups excluding carboxylic acids is 2. The Morgan fingerprint density at radius 1 is 1.16 bits per heavy atom. The highest BCUT2D eigenvalue weighted by molar-refractivity contribution is 5.88. The van der Waals surface area contributed by atoms with Gasteiger partial charge in [0.1, 0.15) is 6.04 Å². The molecular formula is C18H28N4O3. The molecule has 1 aliphatic rings. The molecule has 1 aliphatic heterocycles. The molecule has 0 saturated carbocycles. The summed E-state index contributed by atoms with van der Waals surface area (Å²) in [4.78, 5) is 28.6. The van der Waals surface area contributed by atoms with Crippen LogP contribution in [0.4, 0.5) is 4.79 Å². The van der Waals surface area contributed by atoms with Gasteiger partial charge in [-0.25, -0.2) is 4.79 Å². The average molecular weight is 348 g/mol. The normalized spacial score (nSPS) is 17.4. The lowest BCUT2D eigenvalue weighted by Crippen LogP contribution is -2.50. The van der Waals surface area contributed by atoms with Gasteiger partial charge in [-0.3, -0.25) is 9.69 Å². The van der Waals surface area contributed by atoms with Gasteiger partial charge < -0.3 is 20.3 Å². The number of amides is 3. The molecule has 25 heavy (non-hydrogen) atoms. The van der Waals surface area contributed by atoms with Gasteiger partial charge in [-0.05, 0) is 12.5 Å². The van der Waals surface area contributed by atoms with Crippen molar-refractivity contribution < 1.29 is 14.3 Å². The molecule has 1 fully saturated rings. The van der Waals surface area contributed by atoms with E-state index in [0.717, 1.165) is 38.4 Å². The first kappa shape index (κ1) is 19.2. The highest BCUT2D eigenvalue weighted by Crippen LogP contribution is 2.14. The molecule has 0 spiro atoms. The Kier molecular flexibility index (Phi) is 7.21. The SMILES string of the molecule is CC(CN1CCOCC1)NC(=O)NC(C(=O)N(C)C)c1ccccc1. The van der Waals surface area contributed by atoms with Crippen LogP contribution in [0.1, 0.15) is 18.5 Å². The van der Waals surface area contributed by atoms with Crippen LogP contribution in [0.15, 0.2) is 30.3 Å². The van der Waals surface area contributed by atoms with Gasteiger partial charge in [-0.2, -0.15) is 0 Å². The quantitative estimate of drug-likeness (QED) is 0.799. The number of hydrogen-bond donors (Lipinski definition) is 2. The second-order valence-corrected chi connectivity index (χ2v) is 6.51. The molecular weight excluding hydrogens is 320 g/mol. The van der Waals surface area contributed by atoms with E-state index in [1.807, 2.05) is 37.3 Å². The van der Waals surface area contributed by atoms with Crippen LogP contribution in [0, 0.1) is 0 Å². The number of rotatable bonds is 6. The summed E-state index contributed by atoms with van der Waals surface area (Å²) >= 11 is 0. The highest BCUT2D eigenvalue weighted by atomic mass is 16.5. The number of nitrogens with one attached hydrogen (secondary N) is 2. The van der Waals surface area contributed by atoms with E-state index in [1.54, 1.807) is 14.1 Å². The van der Waals surface area contributed by atoms with E-state index >= 15 is 0 Å². The van der Waals surface area contributed by atoms with Gasteiger partial charge in [0.15, 0.2) is 0 Å². The minimum absolute atomic E-state index is 0.0241. The van der Waals surface area contributed by atoms with Crippen molar-refractivity contribution in [2.24, 2.45) is 0 Å². The minimum Gasteiger partial charge on any atom is -0.379 e. The van der Waals surface area contributed by atoms with Gasteiger partial charge >= 0.3 is 6.03 Å². The van der Waals surface area contributed by atoms with Crippen LogP contribution in [-0.4, -0.2) is 74.7 Å². The molecule has 0 aliphatic carbocycles. The summed E-state index contributed by atoms with van der Waals surface area (Å²) in [5, 5.41) is 5.72. The van der Waals surface area contributed by atoms with E-state index in [1.165, 1.54) is 4.90 Å². The van der Waals surface area contributed by atoms with Crippen molar-refractivity contribution in [1.29, 1.82) is 0 Å². The predicted octanol–water partition coefficient (Wildman–Crippen LogP) is 0.836. The van der Waals surface area contributed by atoms with E-state index in [9.17, 15) is 9.59 Å². The van der Waals surface area contributed by atoms with Crippen molar-refractivity contribution in [3.63, 3.8) is 0 Å². The van der Waals surface area contributed by atoms with Crippen LogP contribution in [0.3, 0.4) is 0 Å². The van der Waals surface area contributed by atoms with Gasteiger partial charge in [0.25, 0.3) is 0 Å². The monoisotopic (exact) mass is 348 g/mol. The Bertz CT molecular complexity index is 559. The highest BCUT2D eigenvalue weighted by Gasteiger charge is 2.25. The van der Waals surface area contributed by atoms with E-state index < -0.39 is 6.04 Å². The fourth-order valence-electron chi connectivity index (χ4n) is 2.80. The zero-order valence-electron chi connectivity index (χ0n) is 15.2. The molecule has 1 aromatic carbocycles. The number of morpholine rings is 1. The minimum atomic E-state index is -0.702. The third-order valence-corrected chi connectivity index (χ3v) is 4.11. The first-order valence-electron chi connectivity index (χ1n) is 8.60. The van der Waals surface area contributed by atoms with Crippen molar-refractivity contribution in [3.05, 3.63) is 35.9 Å². The molecule has 138 valence electrons. The van der Waals surface area contributed by atoms with Crippen LogP contribution in [0.25, 0.3) is 0 Å². The fourth-order valence-corrected chi connectivity index (χ4v) is 2.80. The first-order chi connectivity index (χ1) is 12.0. The van der Waals surface area contributed by atoms with Crippen LogP contribution in [0.5, 0.6) is 0 Å². The smallest absolute Gasteiger partial charge is 0.315 e. The van der Waals surface area contributed by atoms with Gasteiger partial charge in [-0.15, -0.1) is 0 Å². The lowest BCUT2D eigenvalue weighted by Gasteiger charge is -2.30. The molecule has 7 heteroatoms. The average Bonchev–Trinajstić information content (AvgIpc) is 2.60. The third-order valence-electron chi connectivity index (χ3n) is 4.11. The van der Waals surface area contributed by atoms with E-state index in [-0.39, 0.29) is 18.0 Å². The Morgan fingerprint density at radius 2 is 1.80 bits per heavy atom. The molecule has 1 saturated heterocycles. The van der Waals surface area contributed by atoms with Crippen LogP contribution in [-0.2, 0) is 9.53 Å². The van der Waals surface area contributed by atoms with E-state index in [0.29, 0.717) is 0 Å². The van der Waals surface area contributed by atoms with E-state index in [2.05, 4.69) is 15.5 Å². The lowest BCUT2D eigenvalue weighted by molar-refractivity contribution is -0.130. The molecule has 2 rings (SSSR count). The maximum Gasteiger partial charge on any atom is 0.315 e. The maximum absolute atomic E-state index is 12.4. The molecule has 2 N–H and O–H groups in total. The second-order valence-electron chi connectivity index (χ2n) is 6.51. The summed E-state index contributed by atoms with van der Waals surface area (Å²) in [6, 6.07) is 8.19. The van der Waals surface area contributed by atoms with Gasteiger partial charge in [0.05, 0.1) is 13.2 Å². The predicted molar refractivity (Wildman–Crippen MR) is 96.3 cm³/mol. The third kappa shape index (κ3) is 6.03. The molecule has 1 aromatic rings. The number of ether oxygens (including phenoxy) is 1. The fraction of sp³-hybridized carbons (Fsp3) is 0.556. The van der Waals surface area contributed by atoms with Crippen molar-refractivity contribution in [1.82, 2.24) is 20.4 Å². The Balaban J connectivity index is 1.93. The molecule has 1 heterocycles. The van der Waals surface area contributed by atoms with Gasteiger partial charge in [0, 0.05) is 39.8 Å². The Labute approximate surface area is 149 Å². The number of nitrogens with zero attached hydrogens (tertiary/aromatic N) is 2. The van der Waals surface area contributed by atoms with Crippen molar-refractivity contribution in [2.45, 2.75) is 19.0 Å². The van der Waals surface area contributed by atoms with Crippen molar-refractivity contribution >= 4 is 11.9 Å². The Hall–Kier alpha value is -2.12. The topological polar surface area (TPSA) is 73.9 Å². The molecule has 2 atom stereocenters. The van der Waals surface area contributed by atoms with Crippen molar-refractivity contribution in [2.75, 3.05) is 46.9 Å². The van der Waals surface area contributed by atoms with Gasteiger partial charge in [-0.1, -0.05) is 30.3 Å². The summed E-state index contributed by atoms with van der Waals surface area (Å²) in [6.45, 7) is 5.92. The molecule has 0 aromatic heterocycles. The van der Waals surface area contributed by atoms with Crippen LogP contribution < -0.4 is 10.6 Å². The number of carbonyl (C=O) groups is 2. The molecule has 3 amide bonds. The summed E-state index contributed by atoms with van der Waals surface area (Å²) in [5.41, 5.74) is 0.761. The molecule has 2 unspecified atom stereocenters. The summed E-state index contributed by atoms with van der Waals surface area (Å²) < 4.78 is 5.33. The number of likely N-dealkylation sites (N-methyl/N-ethyl adjacent to an activating group) is 1. The van der Waals surface area contributed by atoms with Crippen LogP contribution in [0.2, 0.25) is 0 Å². The van der Waals surface area contributed by atoms with Crippen molar-refractivity contribution in [3.8, 4) is 0 Å². The number of benzene rings is 1. The molecule has 7 nitrogen and oxygen atoms in total. The van der Waals surface area contributed by atoms with Gasteiger partial charge in [0.2, 0.25) is 5.91 Å². The zero-order chi connectivity index (χ0) is 18.2. The number of urea groups is 1. The number of hydrogen-bond acceptors (Lipinski definition) is 4. The second kappa shape index (κ2) is 9.39. The summed E-state index contributed by atoms with van der Waals surface area (Å²) in [5.74, 6) is -0.165. The van der Waals surface area contributed by atoms with E-state index in [4.69, 9.17) is 4.74 Å². The first-order valence-corrected chi connectivity index (χ1v) is 8.60. The largest absolute Gasteiger partial charge is 0.379 e. The standard InChI is InChI=1S/C18H28N4O3/c1-14(13-22-9-11-25-12-10-22)19-18(24)20-16(17(23)21(2)3)15-7-5-4-6-8-15/h4-8,14,16H,9-13H2,1-3H3,(H2,19,20,24). The molecule has 0 radical (unpaired) electrons. The molecule has 0 bridgehead atoms. The maximum atomic E-state index is 12.4. The summed E-state index contributed by atoms with van der Waals surface area (Å²) in [6.07, 6.45) is 0. The van der Waals surface area contributed by atoms with Crippen LogP contribution >= 0.6 is 0 Å². The Morgan fingerprint density at radius 3 is 2.40 bits per heavy atom.